The lowest BCUT2D eigenvalue weighted by molar-refractivity contribution is 0.296. The average molecular weight is 417 g/mol. The molecule has 0 unspecified atom stereocenters. The number of hydrogen-bond donors (Lipinski definition) is 1. The highest BCUT2D eigenvalue weighted by Gasteiger charge is 2.17. The predicted molar refractivity (Wildman–Crippen MR) is 124 cm³/mol. The fraction of sp³-hybridized carbons (Fsp3) is 0.208. The van der Waals surface area contributed by atoms with Crippen LogP contribution in [0.25, 0.3) is 33.5 Å². The molecule has 6 heteroatoms. The van der Waals surface area contributed by atoms with Gasteiger partial charge in [0.25, 0.3) is 0 Å². The van der Waals surface area contributed by atoms with Gasteiger partial charge in [0.2, 0.25) is 0 Å². The molecular formula is C24H24N4OS. The van der Waals surface area contributed by atoms with Crippen molar-refractivity contribution in [2.75, 3.05) is 12.4 Å². The Morgan fingerprint density at radius 3 is 2.67 bits per heavy atom. The summed E-state index contributed by atoms with van der Waals surface area (Å²) in [5.41, 5.74) is 5.12. The third-order valence-electron chi connectivity index (χ3n) is 4.87. The van der Waals surface area contributed by atoms with E-state index in [9.17, 15) is 0 Å². The molecule has 0 aliphatic carbocycles. The van der Waals surface area contributed by atoms with Gasteiger partial charge in [-0.15, -0.1) is 16.8 Å². The Morgan fingerprint density at radius 2 is 1.90 bits per heavy atom. The number of aliphatic hydroxyl groups excluding tert-OH is 1. The number of aryl methyl sites for hydroxylation is 1. The average Bonchev–Trinajstić information content (AvgIpc) is 3.16. The Labute approximate surface area is 180 Å². The van der Waals surface area contributed by atoms with E-state index in [0.29, 0.717) is 6.54 Å². The van der Waals surface area contributed by atoms with Crippen LogP contribution in [0.3, 0.4) is 0 Å². The van der Waals surface area contributed by atoms with Crippen molar-refractivity contribution in [3.05, 3.63) is 72.8 Å². The second-order valence-corrected chi connectivity index (χ2v) is 8.13. The normalized spacial score (nSPS) is 11.1. The van der Waals surface area contributed by atoms with Gasteiger partial charge < -0.3 is 5.11 Å². The van der Waals surface area contributed by atoms with Crippen LogP contribution in [-0.2, 0) is 6.54 Å². The second-order valence-electron chi connectivity index (χ2n) is 7.07. The molecule has 0 saturated heterocycles. The number of aromatic nitrogens is 4. The second kappa shape index (κ2) is 9.24. The summed E-state index contributed by atoms with van der Waals surface area (Å²) in [6, 6.07) is 18.6. The van der Waals surface area contributed by atoms with Crippen LogP contribution in [0.15, 0.2) is 72.4 Å². The van der Waals surface area contributed by atoms with E-state index in [4.69, 9.17) is 10.1 Å². The number of benzene rings is 2. The van der Waals surface area contributed by atoms with E-state index in [1.54, 1.807) is 11.8 Å². The lowest BCUT2D eigenvalue weighted by Crippen LogP contribution is -2.02. The molecule has 0 aliphatic heterocycles. The maximum atomic E-state index is 9.10. The molecule has 0 bridgehead atoms. The number of para-hydroxylation sites is 1. The molecule has 5 nitrogen and oxygen atoms in total. The molecule has 30 heavy (non-hydrogen) atoms. The Morgan fingerprint density at radius 1 is 1.10 bits per heavy atom. The Bertz CT molecular complexity index is 1170. The molecule has 1 N–H and O–H groups in total. The third-order valence-corrected chi connectivity index (χ3v) is 5.92. The fourth-order valence-electron chi connectivity index (χ4n) is 3.35. The number of allylic oxidation sites excluding steroid dienone is 1. The van der Waals surface area contributed by atoms with E-state index >= 15 is 0 Å². The van der Waals surface area contributed by atoms with Crippen LogP contribution in [-0.4, -0.2) is 37.2 Å². The number of pyridine rings is 1. The first kappa shape index (κ1) is 20.3. The van der Waals surface area contributed by atoms with Crippen molar-refractivity contribution in [1.29, 1.82) is 0 Å². The summed E-state index contributed by atoms with van der Waals surface area (Å²) in [7, 11) is 0. The minimum absolute atomic E-state index is 0.171. The lowest BCUT2D eigenvalue weighted by atomic mass is 10.0. The number of hydrogen-bond acceptors (Lipinski definition) is 5. The summed E-state index contributed by atoms with van der Waals surface area (Å²) in [4.78, 5) is 4.89. The van der Waals surface area contributed by atoms with Gasteiger partial charge in [-0.1, -0.05) is 65.9 Å². The lowest BCUT2D eigenvalue weighted by Gasteiger charge is -2.12. The van der Waals surface area contributed by atoms with Crippen molar-refractivity contribution in [2.24, 2.45) is 0 Å². The van der Waals surface area contributed by atoms with E-state index in [2.05, 4.69) is 64.7 Å². The third kappa shape index (κ3) is 4.15. The summed E-state index contributed by atoms with van der Waals surface area (Å²) in [5.74, 6) is 1.59. The van der Waals surface area contributed by atoms with Gasteiger partial charge in [-0.3, -0.25) is 4.57 Å². The van der Waals surface area contributed by atoms with Gasteiger partial charge in [-0.25, -0.2) is 4.98 Å². The van der Waals surface area contributed by atoms with Crippen LogP contribution < -0.4 is 0 Å². The maximum Gasteiger partial charge on any atom is 0.191 e. The minimum atomic E-state index is 0.171. The van der Waals surface area contributed by atoms with E-state index < -0.39 is 0 Å². The highest BCUT2D eigenvalue weighted by molar-refractivity contribution is 7.99. The predicted octanol–water partition coefficient (Wildman–Crippen LogP) is 5.13. The molecule has 2 aromatic carbocycles. The van der Waals surface area contributed by atoms with Crippen LogP contribution in [0, 0.1) is 6.92 Å². The summed E-state index contributed by atoms with van der Waals surface area (Å²) in [6.45, 7) is 6.77. The zero-order chi connectivity index (χ0) is 20.9. The Kier molecular flexibility index (Phi) is 6.26. The molecule has 0 fully saturated rings. The first-order valence-corrected chi connectivity index (χ1v) is 10.9. The number of rotatable bonds is 8. The van der Waals surface area contributed by atoms with E-state index in [1.165, 1.54) is 5.56 Å². The molecular weight excluding hydrogens is 392 g/mol. The van der Waals surface area contributed by atoms with Crippen molar-refractivity contribution in [3.8, 4) is 22.6 Å². The molecule has 4 aromatic rings. The van der Waals surface area contributed by atoms with Crippen molar-refractivity contribution in [2.45, 2.75) is 25.0 Å². The highest BCUT2D eigenvalue weighted by Crippen LogP contribution is 2.33. The summed E-state index contributed by atoms with van der Waals surface area (Å²) >= 11 is 1.60. The fourth-order valence-corrected chi connectivity index (χ4v) is 4.22. The number of thioether (sulfide) groups is 1. The molecule has 0 saturated carbocycles. The van der Waals surface area contributed by atoms with Crippen molar-refractivity contribution >= 4 is 22.7 Å². The first-order valence-electron chi connectivity index (χ1n) is 9.96. The topological polar surface area (TPSA) is 63.8 Å². The van der Waals surface area contributed by atoms with Gasteiger partial charge in [-0.05, 0) is 25.5 Å². The number of nitrogens with zero attached hydrogens (tertiary/aromatic N) is 4. The summed E-state index contributed by atoms with van der Waals surface area (Å²) in [6.07, 6.45) is 2.57. The summed E-state index contributed by atoms with van der Waals surface area (Å²) < 4.78 is 2.08. The maximum absolute atomic E-state index is 9.10. The number of fused-ring (bicyclic) bond motifs is 1. The van der Waals surface area contributed by atoms with Crippen LogP contribution in [0.1, 0.15) is 12.0 Å². The Hall–Kier alpha value is -2.96. The minimum Gasteiger partial charge on any atom is -0.396 e. The molecule has 0 radical (unpaired) electrons. The van der Waals surface area contributed by atoms with Gasteiger partial charge in [0.15, 0.2) is 11.0 Å². The summed E-state index contributed by atoms with van der Waals surface area (Å²) in [5, 5.41) is 19.9. The molecule has 2 heterocycles. The van der Waals surface area contributed by atoms with Crippen molar-refractivity contribution in [1.82, 2.24) is 19.7 Å². The molecule has 0 aliphatic rings. The van der Waals surface area contributed by atoms with Crippen LogP contribution in [0.4, 0.5) is 0 Å². The van der Waals surface area contributed by atoms with Gasteiger partial charge in [0.1, 0.15) is 0 Å². The quantitative estimate of drug-likeness (QED) is 0.245. The van der Waals surface area contributed by atoms with E-state index in [1.807, 2.05) is 24.3 Å². The SMILES string of the molecule is C=CCn1c(SCCCO)nnc1-c1cc(-c2ccc(C)cc2)nc2ccccc12. The van der Waals surface area contributed by atoms with Gasteiger partial charge in [0, 0.05) is 35.4 Å². The standard InChI is InChI=1S/C24H24N4OS/c1-3-13-28-23(26-27-24(28)30-15-6-14-29)20-16-22(18-11-9-17(2)10-12-18)25-21-8-5-4-7-19(20)21/h3-5,7-12,16,29H,1,6,13-15H2,2H3. The molecule has 152 valence electrons. The monoisotopic (exact) mass is 416 g/mol. The molecule has 0 spiro atoms. The molecule has 0 amide bonds. The molecule has 2 aromatic heterocycles. The van der Waals surface area contributed by atoms with E-state index in [0.717, 1.165) is 50.9 Å². The smallest absolute Gasteiger partial charge is 0.191 e. The zero-order valence-corrected chi connectivity index (χ0v) is 17.8. The van der Waals surface area contributed by atoms with Gasteiger partial charge in [-0.2, -0.15) is 0 Å². The largest absolute Gasteiger partial charge is 0.396 e. The van der Waals surface area contributed by atoms with Crippen molar-refractivity contribution < 1.29 is 5.11 Å². The highest BCUT2D eigenvalue weighted by atomic mass is 32.2. The van der Waals surface area contributed by atoms with Crippen LogP contribution in [0.5, 0.6) is 0 Å². The van der Waals surface area contributed by atoms with Gasteiger partial charge >= 0.3 is 0 Å². The first-order chi connectivity index (χ1) is 14.7. The zero-order valence-electron chi connectivity index (χ0n) is 17.0. The van der Waals surface area contributed by atoms with Crippen LogP contribution in [0.2, 0.25) is 0 Å². The molecule has 0 atom stereocenters. The van der Waals surface area contributed by atoms with Crippen LogP contribution >= 0.6 is 11.8 Å². The molecule has 4 rings (SSSR count). The van der Waals surface area contributed by atoms with Gasteiger partial charge in [0.05, 0.1) is 11.2 Å². The van der Waals surface area contributed by atoms with E-state index in [-0.39, 0.29) is 6.61 Å². The Balaban J connectivity index is 1.87. The van der Waals surface area contributed by atoms with Crippen molar-refractivity contribution in [3.63, 3.8) is 0 Å². The number of aliphatic hydroxyl groups is 1.